The normalized spacial score (nSPS) is 13.2. The highest BCUT2D eigenvalue weighted by Gasteiger charge is 2.24. The molecule has 0 N–H and O–H groups in total. The van der Waals surface area contributed by atoms with Crippen LogP contribution in [0.5, 0.6) is 5.75 Å². The molecule has 0 saturated carbocycles. The lowest BCUT2D eigenvalue weighted by Gasteiger charge is -2.21. The molecule has 6 heteroatoms. The van der Waals surface area contributed by atoms with Gasteiger partial charge in [0.1, 0.15) is 11.6 Å². The zero-order valence-corrected chi connectivity index (χ0v) is 15.8. The van der Waals surface area contributed by atoms with E-state index in [0.717, 1.165) is 52.6 Å². The summed E-state index contributed by atoms with van der Waals surface area (Å²) < 4.78 is 31.2. The van der Waals surface area contributed by atoms with Gasteiger partial charge in [-0.25, -0.2) is 13.4 Å². The number of benzene rings is 2. The molecule has 0 atom stereocenters. The number of aromatic nitrogens is 2. The van der Waals surface area contributed by atoms with Crippen molar-refractivity contribution >= 4 is 9.84 Å². The van der Waals surface area contributed by atoms with Crippen LogP contribution in [0.25, 0.3) is 16.9 Å². The van der Waals surface area contributed by atoms with Gasteiger partial charge in [0, 0.05) is 18.2 Å². The van der Waals surface area contributed by atoms with Crippen molar-refractivity contribution < 1.29 is 13.2 Å². The lowest BCUT2D eigenvalue weighted by atomic mass is 10.0. The Hall–Kier alpha value is -2.60. The van der Waals surface area contributed by atoms with Crippen LogP contribution in [-0.4, -0.2) is 31.3 Å². The second kappa shape index (κ2) is 5.99. The van der Waals surface area contributed by atoms with Gasteiger partial charge in [-0.15, -0.1) is 0 Å². The summed E-state index contributed by atoms with van der Waals surface area (Å²) in [5.41, 5.74) is 5.10. The van der Waals surface area contributed by atoms with Crippen LogP contribution in [0.3, 0.4) is 0 Å². The average Bonchev–Trinajstić information content (AvgIpc) is 2.97. The molecule has 1 aliphatic rings. The second-order valence-electron chi connectivity index (χ2n) is 6.59. The topological polar surface area (TPSA) is 61.2 Å². The largest absolute Gasteiger partial charge is 0.497 e. The summed E-state index contributed by atoms with van der Waals surface area (Å²) in [5.74, 6) is 1.82. The Morgan fingerprint density at radius 2 is 1.81 bits per heavy atom. The van der Waals surface area contributed by atoms with Crippen LogP contribution in [0, 0.1) is 6.92 Å². The summed E-state index contributed by atoms with van der Waals surface area (Å²) in [6.07, 6.45) is 2.82. The van der Waals surface area contributed by atoms with Crippen LogP contribution in [-0.2, 0) is 22.7 Å². The zero-order valence-electron chi connectivity index (χ0n) is 15.0. The van der Waals surface area contributed by atoms with Gasteiger partial charge in [-0.1, -0.05) is 0 Å². The summed E-state index contributed by atoms with van der Waals surface area (Å²) >= 11 is 0. The Balaban J connectivity index is 1.90. The van der Waals surface area contributed by atoms with Crippen molar-refractivity contribution in [3.8, 4) is 22.7 Å². The molecule has 0 amide bonds. The van der Waals surface area contributed by atoms with Gasteiger partial charge >= 0.3 is 0 Å². The summed E-state index contributed by atoms with van der Waals surface area (Å²) in [6.45, 7) is 2.01. The Labute approximate surface area is 153 Å². The molecule has 1 aliphatic heterocycles. The molecule has 4 rings (SSSR count). The van der Waals surface area contributed by atoms with Crippen LogP contribution < -0.4 is 4.74 Å². The van der Waals surface area contributed by atoms with Crippen LogP contribution in [0.4, 0.5) is 0 Å². The molecular formula is C20H20N2O3S. The molecule has 0 bridgehead atoms. The standard InChI is InChI=1S/C20H20N2O3S/c1-13-20(14-4-7-16(25-2)8-5-14)22-18-10-9-17(26(3,23)24)12-15(18)6-11-19(22)21-13/h4-5,7-10,12H,6,11H2,1-3H3. The molecule has 0 radical (unpaired) electrons. The highest BCUT2D eigenvalue weighted by atomic mass is 32.2. The van der Waals surface area contributed by atoms with E-state index in [9.17, 15) is 8.42 Å². The van der Waals surface area contributed by atoms with Gasteiger partial charge in [-0.05, 0) is 61.4 Å². The van der Waals surface area contributed by atoms with E-state index in [-0.39, 0.29) is 0 Å². The van der Waals surface area contributed by atoms with Gasteiger partial charge in [0.2, 0.25) is 0 Å². The SMILES string of the molecule is COc1ccc(-c2c(C)nc3n2-c2ccc(S(C)(=O)=O)cc2CC3)cc1. The van der Waals surface area contributed by atoms with Crippen molar-refractivity contribution in [2.75, 3.05) is 13.4 Å². The third-order valence-electron chi connectivity index (χ3n) is 4.82. The van der Waals surface area contributed by atoms with E-state index in [1.807, 2.05) is 37.3 Å². The maximum absolute atomic E-state index is 11.9. The molecule has 0 spiro atoms. The van der Waals surface area contributed by atoms with Gasteiger partial charge in [-0.2, -0.15) is 0 Å². The first-order chi connectivity index (χ1) is 12.4. The molecular weight excluding hydrogens is 348 g/mol. The summed E-state index contributed by atoms with van der Waals surface area (Å²) in [6, 6.07) is 13.3. The monoisotopic (exact) mass is 368 g/mol. The number of rotatable bonds is 3. The number of fused-ring (bicyclic) bond motifs is 3. The first-order valence-electron chi connectivity index (χ1n) is 8.44. The summed E-state index contributed by atoms with van der Waals surface area (Å²) in [7, 11) is -1.57. The maximum Gasteiger partial charge on any atom is 0.175 e. The average molecular weight is 368 g/mol. The molecule has 2 aromatic carbocycles. The number of sulfone groups is 1. The minimum atomic E-state index is -3.22. The number of nitrogens with zero attached hydrogens (tertiary/aromatic N) is 2. The first kappa shape index (κ1) is 16.8. The molecule has 0 saturated heterocycles. The Morgan fingerprint density at radius 3 is 2.46 bits per heavy atom. The van der Waals surface area contributed by atoms with Gasteiger partial charge in [0.25, 0.3) is 0 Å². The van der Waals surface area contributed by atoms with E-state index in [1.165, 1.54) is 6.26 Å². The number of imidazole rings is 1. The highest BCUT2D eigenvalue weighted by Crippen LogP contribution is 2.35. The molecule has 1 aromatic heterocycles. The molecule has 5 nitrogen and oxygen atoms in total. The first-order valence-corrected chi connectivity index (χ1v) is 10.3. The van der Waals surface area contributed by atoms with Crippen molar-refractivity contribution in [3.05, 3.63) is 59.5 Å². The molecule has 26 heavy (non-hydrogen) atoms. The predicted molar refractivity (Wildman–Crippen MR) is 101 cm³/mol. The van der Waals surface area contributed by atoms with Gasteiger partial charge in [0.15, 0.2) is 9.84 Å². The molecule has 134 valence electrons. The maximum atomic E-state index is 11.9. The van der Waals surface area contributed by atoms with Crippen molar-refractivity contribution in [2.24, 2.45) is 0 Å². The van der Waals surface area contributed by atoms with Gasteiger partial charge in [0.05, 0.1) is 29.1 Å². The van der Waals surface area contributed by atoms with E-state index in [4.69, 9.17) is 9.72 Å². The number of hydrogen-bond donors (Lipinski definition) is 0. The third kappa shape index (κ3) is 2.70. The third-order valence-corrected chi connectivity index (χ3v) is 5.93. The molecule has 0 aliphatic carbocycles. The Morgan fingerprint density at radius 1 is 1.08 bits per heavy atom. The van der Waals surface area contributed by atoms with Crippen LogP contribution >= 0.6 is 0 Å². The van der Waals surface area contributed by atoms with Crippen LogP contribution in [0.1, 0.15) is 17.1 Å². The highest BCUT2D eigenvalue weighted by molar-refractivity contribution is 7.90. The predicted octanol–water partition coefficient (Wildman–Crippen LogP) is 3.36. The number of hydrogen-bond acceptors (Lipinski definition) is 4. The molecule has 0 fully saturated rings. The molecule has 3 aromatic rings. The molecule has 0 unspecified atom stereocenters. The molecule has 2 heterocycles. The van der Waals surface area contributed by atoms with Crippen molar-refractivity contribution in [2.45, 2.75) is 24.7 Å². The van der Waals surface area contributed by atoms with Crippen molar-refractivity contribution in [1.29, 1.82) is 0 Å². The van der Waals surface area contributed by atoms with Crippen LogP contribution in [0.2, 0.25) is 0 Å². The van der Waals surface area contributed by atoms with E-state index in [1.54, 1.807) is 19.2 Å². The van der Waals surface area contributed by atoms with E-state index in [0.29, 0.717) is 4.90 Å². The number of methoxy groups -OCH3 is 1. The quantitative estimate of drug-likeness (QED) is 0.711. The smallest absolute Gasteiger partial charge is 0.175 e. The van der Waals surface area contributed by atoms with E-state index in [2.05, 4.69) is 4.57 Å². The summed E-state index contributed by atoms with van der Waals surface area (Å²) in [5, 5.41) is 0. The Kier molecular flexibility index (Phi) is 3.88. The fourth-order valence-electron chi connectivity index (χ4n) is 3.56. The fraction of sp³-hybridized carbons (Fsp3) is 0.250. The van der Waals surface area contributed by atoms with E-state index < -0.39 is 9.84 Å². The fourth-order valence-corrected chi connectivity index (χ4v) is 4.23. The zero-order chi connectivity index (χ0) is 18.5. The minimum absolute atomic E-state index is 0.363. The summed E-state index contributed by atoms with van der Waals surface area (Å²) in [4.78, 5) is 5.12. The lowest BCUT2D eigenvalue weighted by Crippen LogP contribution is -2.14. The number of aryl methyl sites for hydroxylation is 3. The van der Waals surface area contributed by atoms with Gasteiger partial charge in [-0.3, -0.25) is 4.57 Å². The van der Waals surface area contributed by atoms with Crippen LogP contribution in [0.15, 0.2) is 47.4 Å². The van der Waals surface area contributed by atoms with Gasteiger partial charge < -0.3 is 4.74 Å². The minimum Gasteiger partial charge on any atom is -0.497 e. The van der Waals surface area contributed by atoms with Crippen molar-refractivity contribution in [1.82, 2.24) is 9.55 Å². The number of ether oxygens (including phenoxy) is 1. The second-order valence-corrected chi connectivity index (χ2v) is 8.60. The Bertz CT molecular complexity index is 1100. The van der Waals surface area contributed by atoms with Crippen molar-refractivity contribution in [3.63, 3.8) is 0 Å². The van der Waals surface area contributed by atoms with E-state index >= 15 is 0 Å². The lowest BCUT2D eigenvalue weighted by molar-refractivity contribution is 0.415.